The van der Waals surface area contributed by atoms with Crippen LogP contribution in [-0.4, -0.2) is 12.5 Å². The van der Waals surface area contributed by atoms with Crippen molar-refractivity contribution in [2.24, 2.45) is 0 Å². The number of carbonyl (C=O) groups is 1. The molecule has 0 aliphatic rings. The normalized spacial score (nSPS) is 11.8. The lowest BCUT2D eigenvalue weighted by Gasteiger charge is -2.15. The van der Waals surface area contributed by atoms with E-state index in [1.54, 1.807) is 0 Å². The van der Waals surface area contributed by atoms with Gasteiger partial charge in [0.15, 0.2) is 0 Å². The average molecular weight is 325 g/mol. The lowest BCUT2D eigenvalue weighted by Crippen LogP contribution is -2.26. The van der Waals surface area contributed by atoms with Gasteiger partial charge in [-0.3, -0.25) is 4.79 Å². The first-order chi connectivity index (χ1) is 11.6. The van der Waals surface area contributed by atoms with Crippen molar-refractivity contribution in [1.82, 2.24) is 5.32 Å². The summed E-state index contributed by atoms with van der Waals surface area (Å²) in [5, 5.41) is 3.05. The zero-order chi connectivity index (χ0) is 17.4. The summed E-state index contributed by atoms with van der Waals surface area (Å²) in [6.07, 6.45) is 2.21. The molecule has 0 bridgehead atoms. The van der Waals surface area contributed by atoms with Crippen molar-refractivity contribution in [2.75, 3.05) is 6.61 Å². The highest BCUT2D eigenvalue weighted by Crippen LogP contribution is 2.14. The maximum Gasteiger partial charge on any atom is 0.220 e. The molecule has 0 saturated heterocycles. The minimum absolute atomic E-state index is 0.0291. The predicted octanol–water partition coefficient (Wildman–Crippen LogP) is 4.59. The molecule has 1 atom stereocenters. The van der Waals surface area contributed by atoms with Crippen LogP contribution < -0.4 is 10.1 Å². The molecule has 2 aromatic carbocycles. The van der Waals surface area contributed by atoms with E-state index in [1.165, 1.54) is 11.1 Å². The van der Waals surface area contributed by atoms with Crippen LogP contribution in [-0.2, 0) is 11.2 Å². The molecule has 0 radical (unpaired) electrons. The molecule has 1 amide bonds. The number of ether oxygens (including phenoxy) is 1. The summed E-state index contributed by atoms with van der Waals surface area (Å²) < 4.78 is 5.65. The summed E-state index contributed by atoms with van der Waals surface area (Å²) in [5.74, 6) is 0.917. The second kappa shape index (κ2) is 9.11. The zero-order valence-electron chi connectivity index (χ0n) is 14.8. The molecule has 0 unspecified atom stereocenters. The van der Waals surface area contributed by atoms with Gasteiger partial charge in [0.05, 0.1) is 12.6 Å². The number of nitrogens with one attached hydrogen (secondary N) is 1. The molecule has 0 spiro atoms. The van der Waals surface area contributed by atoms with Gasteiger partial charge >= 0.3 is 0 Å². The number of aryl methyl sites for hydroxylation is 2. The van der Waals surface area contributed by atoms with Crippen LogP contribution >= 0.6 is 0 Å². The van der Waals surface area contributed by atoms with E-state index in [0.29, 0.717) is 19.4 Å². The lowest BCUT2D eigenvalue weighted by atomic mass is 10.0. The number of carbonyl (C=O) groups excluding carboxylic acids is 1. The standard InChI is InChI=1S/C21H27NO2/c1-4-18-9-11-19(12-10-18)17(3)22-21(23)6-5-15-24-20-13-7-16(2)8-14-20/h7-14,17H,4-6,15H2,1-3H3,(H,22,23)/t17-/m0/s1. The third-order valence-electron chi connectivity index (χ3n) is 4.10. The molecule has 3 heteroatoms. The van der Waals surface area contributed by atoms with Crippen LogP contribution in [0, 0.1) is 6.92 Å². The molecule has 0 fully saturated rings. The fourth-order valence-corrected chi connectivity index (χ4v) is 2.50. The fourth-order valence-electron chi connectivity index (χ4n) is 2.50. The Labute approximate surface area is 145 Å². The fraction of sp³-hybridized carbons (Fsp3) is 0.381. The molecule has 24 heavy (non-hydrogen) atoms. The summed E-state index contributed by atoms with van der Waals surface area (Å²) in [7, 11) is 0. The van der Waals surface area contributed by atoms with Gasteiger partial charge in [-0.1, -0.05) is 48.9 Å². The second-order valence-corrected chi connectivity index (χ2v) is 6.15. The lowest BCUT2D eigenvalue weighted by molar-refractivity contribution is -0.121. The maximum absolute atomic E-state index is 12.0. The van der Waals surface area contributed by atoms with Crippen LogP contribution in [0.15, 0.2) is 48.5 Å². The van der Waals surface area contributed by atoms with Gasteiger partial charge in [0.1, 0.15) is 5.75 Å². The van der Waals surface area contributed by atoms with Crippen LogP contribution in [0.2, 0.25) is 0 Å². The van der Waals surface area contributed by atoms with E-state index >= 15 is 0 Å². The molecular weight excluding hydrogens is 298 g/mol. The molecule has 0 aliphatic carbocycles. The number of benzene rings is 2. The molecule has 0 aromatic heterocycles. The van der Waals surface area contributed by atoms with Gasteiger partial charge in [0, 0.05) is 6.42 Å². The van der Waals surface area contributed by atoms with Gasteiger partial charge in [0.25, 0.3) is 0 Å². The van der Waals surface area contributed by atoms with Gasteiger partial charge < -0.3 is 10.1 Å². The van der Waals surface area contributed by atoms with Crippen molar-refractivity contribution in [3.63, 3.8) is 0 Å². The Balaban J connectivity index is 1.69. The van der Waals surface area contributed by atoms with Gasteiger partial charge in [0.2, 0.25) is 5.91 Å². The number of rotatable bonds is 8. The first kappa shape index (κ1) is 18.1. The van der Waals surface area contributed by atoms with Gasteiger partial charge in [-0.15, -0.1) is 0 Å². The van der Waals surface area contributed by atoms with Crippen LogP contribution in [0.25, 0.3) is 0 Å². The first-order valence-electron chi connectivity index (χ1n) is 8.66. The summed E-state index contributed by atoms with van der Waals surface area (Å²) in [4.78, 5) is 12.0. The van der Waals surface area contributed by atoms with Crippen molar-refractivity contribution in [3.05, 3.63) is 65.2 Å². The van der Waals surface area contributed by atoms with E-state index in [-0.39, 0.29) is 11.9 Å². The topological polar surface area (TPSA) is 38.3 Å². The van der Waals surface area contributed by atoms with Crippen molar-refractivity contribution in [3.8, 4) is 5.75 Å². The van der Waals surface area contributed by atoms with Crippen molar-refractivity contribution < 1.29 is 9.53 Å². The zero-order valence-corrected chi connectivity index (χ0v) is 14.8. The predicted molar refractivity (Wildman–Crippen MR) is 98.3 cm³/mol. The summed E-state index contributed by atoms with van der Waals surface area (Å²) >= 11 is 0. The maximum atomic E-state index is 12.0. The van der Waals surface area contributed by atoms with Crippen LogP contribution in [0.3, 0.4) is 0 Å². The molecule has 0 saturated carbocycles. The SMILES string of the molecule is CCc1ccc([C@H](C)NC(=O)CCCOc2ccc(C)cc2)cc1. The van der Waals surface area contributed by atoms with E-state index in [2.05, 4.69) is 36.5 Å². The monoisotopic (exact) mass is 325 g/mol. The van der Waals surface area contributed by atoms with Gasteiger partial charge in [-0.05, 0) is 49.9 Å². The molecule has 0 heterocycles. The van der Waals surface area contributed by atoms with Gasteiger partial charge in [-0.25, -0.2) is 0 Å². The third-order valence-corrected chi connectivity index (χ3v) is 4.10. The molecule has 0 aliphatic heterocycles. The van der Waals surface area contributed by atoms with E-state index in [9.17, 15) is 4.79 Å². The summed E-state index contributed by atoms with van der Waals surface area (Å²) in [5.41, 5.74) is 3.66. The molecule has 3 nitrogen and oxygen atoms in total. The molecule has 2 aromatic rings. The van der Waals surface area contributed by atoms with Crippen LogP contribution in [0.4, 0.5) is 0 Å². The molecule has 128 valence electrons. The second-order valence-electron chi connectivity index (χ2n) is 6.15. The number of hydrogen-bond acceptors (Lipinski definition) is 2. The van der Waals surface area contributed by atoms with Gasteiger partial charge in [-0.2, -0.15) is 0 Å². The Kier molecular flexibility index (Phi) is 6.86. The highest BCUT2D eigenvalue weighted by molar-refractivity contribution is 5.76. The first-order valence-corrected chi connectivity index (χ1v) is 8.66. The molecular formula is C21H27NO2. The minimum atomic E-state index is 0.0291. The van der Waals surface area contributed by atoms with Crippen molar-refractivity contribution >= 4 is 5.91 Å². The summed E-state index contributed by atoms with van der Waals surface area (Å²) in [6.45, 7) is 6.75. The average Bonchev–Trinajstić information content (AvgIpc) is 2.60. The Morgan fingerprint density at radius 3 is 2.38 bits per heavy atom. The van der Waals surface area contributed by atoms with E-state index in [1.807, 2.05) is 38.1 Å². The smallest absolute Gasteiger partial charge is 0.220 e. The molecule has 1 N–H and O–H groups in total. The van der Waals surface area contributed by atoms with E-state index in [0.717, 1.165) is 17.7 Å². The van der Waals surface area contributed by atoms with E-state index < -0.39 is 0 Å². The third kappa shape index (κ3) is 5.73. The van der Waals surface area contributed by atoms with Crippen LogP contribution in [0.5, 0.6) is 5.75 Å². The summed E-state index contributed by atoms with van der Waals surface area (Å²) in [6, 6.07) is 16.4. The Morgan fingerprint density at radius 2 is 1.75 bits per heavy atom. The highest BCUT2D eigenvalue weighted by atomic mass is 16.5. The Hall–Kier alpha value is -2.29. The Morgan fingerprint density at radius 1 is 1.08 bits per heavy atom. The highest BCUT2D eigenvalue weighted by Gasteiger charge is 2.09. The minimum Gasteiger partial charge on any atom is -0.494 e. The van der Waals surface area contributed by atoms with Crippen molar-refractivity contribution in [1.29, 1.82) is 0 Å². The largest absolute Gasteiger partial charge is 0.494 e. The number of amides is 1. The quantitative estimate of drug-likeness (QED) is 0.721. The number of hydrogen-bond donors (Lipinski definition) is 1. The van der Waals surface area contributed by atoms with E-state index in [4.69, 9.17) is 4.74 Å². The van der Waals surface area contributed by atoms with Crippen LogP contribution in [0.1, 0.15) is 49.4 Å². The molecule has 2 rings (SSSR count). The Bertz CT molecular complexity index is 632. The van der Waals surface area contributed by atoms with Crippen molar-refractivity contribution in [2.45, 2.75) is 46.1 Å².